The first kappa shape index (κ1) is 24.2. The second kappa shape index (κ2) is 10.9. The van der Waals surface area contributed by atoms with Gasteiger partial charge in [0.15, 0.2) is 10.9 Å². The van der Waals surface area contributed by atoms with E-state index in [-0.39, 0.29) is 17.1 Å². The minimum atomic E-state index is -4.49. The van der Waals surface area contributed by atoms with E-state index in [2.05, 4.69) is 20.2 Å². The maximum atomic E-state index is 13.0. The fraction of sp³-hybridized carbons (Fsp3) is 0.500. The maximum absolute atomic E-state index is 13.0. The van der Waals surface area contributed by atoms with Gasteiger partial charge in [-0.3, -0.25) is 0 Å². The Balaban J connectivity index is 1.40. The highest BCUT2D eigenvalue weighted by Gasteiger charge is 2.33. The summed E-state index contributed by atoms with van der Waals surface area (Å²) in [5.74, 6) is 0.908. The number of rotatable bonds is 8. The van der Waals surface area contributed by atoms with Gasteiger partial charge in [-0.15, -0.1) is 0 Å². The molecule has 170 valence electrons. The lowest BCUT2D eigenvalue weighted by Gasteiger charge is -2.32. The summed E-state index contributed by atoms with van der Waals surface area (Å²) in [7, 11) is 0. The molecule has 11 heteroatoms. The van der Waals surface area contributed by atoms with Gasteiger partial charge in [-0.1, -0.05) is 35.0 Å². The van der Waals surface area contributed by atoms with E-state index in [0.29, 0.717) is 22.3 Å². The van der Waals surface area contributed by atoms with Crippen molar-refractivity contribution < 1.29 is 17.9 Å². The van der Waals surface area contributed by atoms with Gasteiger partial charge in [0.1, 0.15) is 17.7 Å². The molecule has 2 aromatic rings. The summed E-state index contributed by atoms with van der Waals surface area (Å²) in [6.45, 7) is 3.17. The molecule has 0 saturated carbocycles. The highest BCUT2D eigenvalue weighted by molar-refractivity contribution is 7.98. The Morgan fingerprint density at radius 2 is 1.90 bits per heavy atom. The Labute approximate surface area is 193 Å². The van der Waals surface area contributed by atoms with Gasteiger partial charge in [0.25, 0.3) is 0 Å². The Bertz CT molecular complexity index is 880. The molecule has 31 heavy (non-hydrogen) atoms. The quantitative estimate of drug-likeness (QED) is 0.281. The summed E-state index contributed by atoms with van der Waals surface area (Å²) in [4.78, 5) is 9.95. The van der Waals surface area contributed by atoms with Crippen molar-refractivity contribution in [2.24, 2.45) is 0 Å². The molecule has 1 aromatic heterocycles. The lowest BCUT2D eigenvalue weighted by Crippen LogP contribution is -2.39. The molecule has 2 heterocycles. The van der Waals surface area contributed by atoms with Gasteiger partial charge in [-0.2, -0.15) is 13.2 Å². The number of hydrogen-bond donors (Lipinski definition) is 1. The summed E-state index contributed by atoms with van der Waals surface area (Å²) >= 11 is 13.0. The van der Waals surface area contributed by atoms with Crippen molar-refractivity contribution in [3.05, 3.63) is 40.0 Å². The Hall–Kier alpha value is -1.42. The third-order valence-electron chi connectivity index (χ3n) is 4.86. The predicted molar refractivity (Wildman–Crippen MR) is 118 cm³/mol. The number of ether oxygens (including phenoxy) is 1. The van der Waals surface area contributed by atoms with E-state index < -0.39 is 11.9 Å². The molecule has 0 bridgehead atoms. The van der Waals surface area contributed by atoms with Crippen LogP contribution in [0.25, 0.3) is 0 Å². The van der Waals surface area contributed by atoms with Crippen molar-refractivity contribution in [3.63, 3.8) is 0 Å². The third kappa shape index (κ3) is 7.30. The van der Waals surface area contributed by atoms with Crippen LogP contribution >= 0.6 is 35.0 Å². The molecule has 0 atom stereocenters. The van der Waals surface area contributed by atoms with Crippen molar-refractivity contribution in [2.75, 3.05) is 37.8 Å². The van der Waals surface area contributed by atoms with Crippen molar-refractivity contribution >= 4 is 40.8 Å². The van der Waals surface area contributed by atoms with Crippen LogP contribution in [0.4, 0.5) is 19.0 Å². The average Bonchev–Trinajstić information content (AvgIpc) is 2.74. The first-order valence-electron chi connectivity index (χ1n) is 9.83. The smallest absolute Gasteiger partial charge is 0.433 e. The Morgan fingerprint density at radius 3 is 2.55 bits per heavy atom. The number of nitrogens with one attached hydrogen (secondary N) is 1. The molecule has 1 aliphatic heterocycles. The summed E-state index contributed by atoms with van der Waals surface area (Å²) in [6, 6.07) is 6.21. The van der Waals surface area contributed by atoms with E-state index in [4.69, 9.17) is 27.9 Å². The van der Waals surface area contributed by atoms with E-state index in [1.165, 1.54) is 0 Å². The van der Waals surface area contributed by atoms with E-state index in [0.717, 1.165) is 56.7 Å². The molecule has 0 aliphatic carbocycles. The van der Waals surface area contributed by atoms with Gasteiger partial charge in [-0.25, -0.2) is 9.97 Å². The van der Waals surface area contributed by atoms with E-state index in [1.54, 1.807) is 18.4 Å². The van der Waals surface area contributed by atoms with Crippen molar-refractivity contribution in [1.82, 2.24) is 14.9 Å². The zero-order valence-electron chi connectivity index (χ0n) is 16.9. The summed E-state index contributed by atoms with van der Waals surface area (Å²) in [5.41, 5.74) is -0.932. The van der Waals surface area contributed by atoms with Crippen molar-refractivity contribution in [3.8, 4) is 5.75 Å². The number of halogens is 5. The van der Waals surface area contributed by atoms with E-state index in [9.17, 15) is 13.2 Å². The lowest BCUT2D eigenvalue weighted by atomic mass is 10.1. The zero-order valence-corrected chi connectivity index (χ0v) is 19.2. The zero-order chi connectivity index (χ0) is 22.4. The highest BCUT2D eigenvalue weighted by Crippen LogP contribution is 2.30. The molecule has 0 radical (unpaired) electrons. The van der Waals surface area contributed by atoms with Crippen molar-refractivity contribution in [1.29, 1.82) is 0 Å². The number of piperidine rings is 1. The molecule has 0 unspecified atom stereocenters. The monoisotopic (exact) mass is 494 g/mol. The molecule has 5 nitrogen and oxygen atoms in total. The van der Waals surface area contributed by atoms with E-state index >= 15 is 0 Å². The van der Waals surface area contributed by atoms with E-state index in [1.807, 2.05) is 6.07 Å². The van der Waals surface area contributed by atoms with Crippen molar-refractivity contribution in [2.45, 2.75) is 36.7 Å². The molecule has 1 N–H and O–H groups in total. The van der Waals surface area contributed by atoms with Crippen LogP contribution in [0, 0.1) is 0 Å². The maximum Gasteiger partial charge on any atom is 0.433 e. The predicted octanol–water partition coefficient (Wildman–Crippen LogP) is 5.87. The molecule has 0 amide bonds. The molecular formula is C20H23Cl2F3N4OS. The minimum Gasteiger partial charge on any atom is -0.490 e. The number of benzene rings is 1. The van der Waals surface area contributed by atoms with Crippen LogP contribution in [0.3, 0.4) is 0 Å². The van der Waals surface area contributed by atoms with Gasteiger partial charge in [0.2, 0.25) is 0 Å². The molecule has 3 rings (SSSR count). The molecule has 1 aliphatic rings. The summed E-state index contributed by atoms with van der Waals surface area (Å²) in [6.07, 6.45) is -0.143. The normalized spacial score (nSPS) is 15.8. The first-order valence-corrected chi connectivity index (χ1v) is 11.8. The van der Waals surface area contributed by atoms with Gasteiger partial charge in [-0.05, 0) is 44.2 Å². The number of nitrogens with zero attached hydrogens (tertiary/aromatic N) is 3. The number of alkyl halides is 3. The standard InChI is InChI=1S/C20H23Cl2F3N4OS/c1-31-19-27-17(20(23,24)25)12-18(28-19)26-7-2-8-29-9-5-13(6-10-29)30-14-3-4-15(21)16(22)11-14/h3-4,11-13H,2,5-10H2,1H3,(H,26,27,28). The van der Waals surface area contributed by atoms with Crippen LogP contribution in [0.5, 0.6) is 5.75 Å². The minimum absolute atomic E-state index is 0.0985. The fourth-order valence-corrected chi connectivity index (χ4v) is 3.93. The SMILES string of the molecule is CSc1nc(NCCCN2CCC(Oc3ccc(Cl)c(Cl)c3)CC2)cc(C(F)(F)F)n1. The van der Waals surface area contributed by atoms with Crippen LogP contribution in [0.15, 0.2) is 29.4 Å². The second-order valence-corrected chi connectivity index (χ2v) is 8.73. The topological polar surface area (TPSA) is 50.3 Å². The third-order valence-corrected chi connectivity index (χ3v) is 6.15. The lowest BCUT2D eigenvalue weighted by molar-refractivity contribution is -0.141. The molecule has 1 saturated heterocycles. The number of likely N-dealkylation sites (tertiary alicyclic amines) is 1. The molecule has 1 fully saturated rings. The summed E-state index contributed by atoms with van der Waals surface area (Å²) in [5, 5.41) is 4.05. The van der Waals surface area contributed by atoms with Crippen LogP contribution in [-0.2, 0) is 6.18 Å². The first-order chi connectivity index (χ1) is 14.7. The van der Waals surface area contributed by atoms with Gasteiger partial charge < -0.3 is 15.0 Å². The summed E-state index contributed by atoms with van der Waals surface area (Å²) < 4.78 is 44.9. The molecule has 1 aromatic carbocycles. The van der Waals surface area contributed by atoms with Crippen LogP contribution in [0.1, 0.15) is 25.0 Å². The number of aromatic nitrogens is 2. The number of anilines is 1. The molecular weight excluding hydrogens is 472 g/mol. The van der Waals surface area contributed by atoms with Crippen LogP contribution in [-0.4, -0.2) is 53.4 Å². The van der Waals surface area contributed by atoms with Gasteiger partial charge in [0.05, 0.1) is 10.0 Å². The fourth-order valence-electron chi connectivity index (χ4n) is 3.26. The Kier molecular flexibility index (Phi) is 8.55. The number of hydrogen-bond acceptors (Lipinski definition) is 6. The second-order valence-electron chi connectivity index (χ2n) is 7.14. The Morgan fingerprint density at radius 1 is 1.16 bits per heavy atom. The average molecular weight is 495 g/mol. The highest BCUT2D eigenvalue weighted by atomic mass is 35.5. The number of thioether (sulfide) groups is 1. The van der Waals surface area contributed by atoms with Gasteiger partial charge >= 0.3 is 6.18 Å². The molecule has 0 spiro atoms. The largest absolute Gasteiger partial charge is 0.490 e. The van der Waals surface area contributed by atoms with Gasteiger partial charge in [0, 0.05) is 31.8 Å². The van der Waals surface area contributed by atoms with Crippen LogP contribution in [0.2, 0.25) is 10.0 Å². The van der Waals surface area contributed by atoms with Crippen LogP contribution < -0.4 is 10.1 Å².